The third kappa shape index (κ3) is 2.62. The Morgan fingerprint density at radius 3 is 3.00 bits per heavy atom. The molecule has 0 amide bonds. The van der Waals surface area contributed by atoms with Gasteiger partial charge in [-0.2, -0.15) is 0 Å². The van der Waals surface area contributed by atoms with E-state index in [4.69, 9.17) is 10.5 Å². The average molecular weight is 252 g/mol. The van der Waals surface area contributed by atoms with E-state index in [9.17, 15) is 4.39 Å². The average Bonchev–Trinajstić information content (AvgIpc) is 2.81. The molecule has 1 aromatic heterocycles. The molecule has 5 heteroatoms. The van der Waals surface area contributed by atoms with Crippen LogP contribution in [0.2, 0.25) is 0 Å². The number of rotatable bonds is 4. The summed E-state index contributed by atoms with van der Waals surface area (Å²) in [5, 5.41) is 0. The van der Waals surface area contributed by atoms with Crippen LogP contribution in [-0.2, 0) is 6.42 Å². The Hall–Kier alpha value is -1.46. The van der Waals surface area contributed by atoms with Gasteiger partial charge in [0.2, 0.25) is 0 Å². The first-order valence-electron chi connectivity index (χ1n) is 5.17. The first-order valence-corrected chi connectivity index (χ1v) is 6.05. The van der Waals surface area contributed by atoms with Crippen LogP contribution in [0.4, 0.5) is 4.39 Å². The van der Waals surface area contributed by atoms with Crippen molar-refractivity contribution in [3.8, 4) is 5.75 Å². The third-order valence-electron chi connectivity index (χ3n) is 2.51. The number of hydrogen-bond donors (Lipinski definition) is 1. The van der Waals surface area contributed by atoms with E-state index in [2.05, 4.69) is 4.98 Å². The summed E-state index contributed by atoms with van der Waals surface area (Å²) in [5.74, 6) is 0.156. The van der Waals surface area contributed by atoms with Crippen molar-refractivity contribution in [1.82, 2.24) is 4.98 Å². The lowest BCUT2D eigenvalue weighted by Gasteiger charge is -2.15. The van der Waals surface area contributed by atoms with Gasteiger partial charge in [0.1, 0.15) is 11.6 Å². The molecule has 0 aliphatic heterocycles. The fourth-order valence-electron chi connectivity index (χ4n) is 1.72. The van der Waals surface area contributed by atoms with Crippen LogP contribution in [0.25, 0.3) is 0 Å². The highest BCUT2D eigenvalue weighted by Crippen LogP contribution is 2.29. The summed E-state index contributed by atoms with van der Waals surface area (Å²) < 4.78 is 18.9. The summed E-state index contributed by atoms with van der Waals surface area (Å²) in [7, 11) is 1.51. The standard InChI is InChI=1S/C12H13FN2OS/c1-16-11-4-2-3-9(13)12(11)10(14)5-8-6-15-7-17-8/h2-4,6-7,10H,5,14H2,1H3. The molecule has 0 saturated heterocycles. The van der Waals surface area contributed by atoms with Crippen molar-refractivity contribution in [2.24, 2.45) is 5.73 Å². The van der Waals surface area contributed by atoms with E-state index in [0.29, 0.717) is 17.7 Å². The maximum Gasteiger partial charge on any atom is 0.131 e. The first-order chi connectivity index (χ1) is 8.22. The molecule has 0 spiro atoms. The van der Waals surface area contributed by atoms with Gasteiger partial charge in [-0.3, -0.25) is 4.98 Å². The largest absolute Gasteiger partial charge is 0.496 e. The van der Waals surface area contributed by atoms with E-state index in [1.165, 1.54) is 24.5 Å². The van der Waals surface area contributed by atoms with E-state index in [1.54, 1.807) is 23.8 Å². The quantitative estimate of drug-likeness (QED) is 0.909. The van der Waals surface area contributed by atoms with Gasteiger partial charge in [-0.15, -0.1) is 11.3 Å². The van der Waals surface area contributed by atoms with Gasteiger partial charge in [0, 0.05) is 29.1 Å². The summed E-state index contributed by atoms with van der Waals surface area (Å²) in [5.41, 5.74) is 8.18. The first kappa shape index (κ1) is 12.0. The Kier molecular flexibility index (Phi) is 3.71. The van der Waals surface area contributed by atoms with E-state index in [1.807, 2.05) is 0 Å². The number of nitrogens with two attached hydrogens (primary N) is 1. The van der Waals surface area contributed by atoms with Crippen LogP contribution >= 0.6 is 11.3 Å². The zero-order chi connectivity index (χ0) is 12.3. The maximum absolute atomic E-state index is 13.7. The zero-order valence-corrected chi connectivity index (χ0v) is 10.2. The Morgan fingerprint density at radius 2 is 2.35 bits per heavy atom. The normalized spacial score (nSPS) is 12.4. The molecule has 3 nitrogen and oxygen atoms in total. The molecule has 90 valence electrons. The number of benzene rings is 1. The Labute approximate surface area is 103 Å². The number of aromatic nitrogens is 1. The summed E-state index contributed by atoms with van der Waals surface area (Å²) >= 11 is 1.51. The SMILES string of the molecule is COc1cccc(F)c1C(N)Cc1cncs1. The molecule has 1 atom stereocenters. The smallest absolute Gasteiger partial charge is 0.131 e. The van der Waals surface area contributed by atoms with Crippen LogP contribution in [0.3, 0.4) is 0 Å². The van der Waals surface area contributed by atoms with Crippen LogP contribution in [0, 0.1) is 5.82 Å². The van der Waals surface area contributed by atoms with E-state index in [-0.39, 0.29) is 5.82 Å². The van der Waals surface area contributed by atoms with Crippen molar-refractivity contribution in [3.05, 3.63) is 46.2 Å². The fraction of sp³-hybridized carbons (Fsp3) is 0.250. The second-order valence-corrected chi connectivity index (χ2v) is 4.61. The van der Waals surface area contributed by atoms with Gasteiger partial charge in [-0.1, -0.05) is 6.07 Å². The fourth-order valence-corrected chi connectivity index (χ4v) is 2.37. The van der Waals surface area contributed by atoms with E-state index in [0.717, 1.165) is 4.88 Å². The van der Waals surface area contributed by atoms with Crippen LogP contribution < -0.4 is 10.5 Å². The summed E-state index contributed by atoms with van der Waals surface area (Å²) in [6.45, 7) is 0. The lowest BCUT2D eigenvalue weighted by molar-refractivity contribution is 0.399. The highest BCUT2D eigenvalue weighted by atomic mass is 32.1. The molecule has 2 aromatic rings. The number of methoxy groups -OCH3 is 1. The van der Waals surface area contributed by atoms with Crippen molar-refractivity contribution in [2.45, 2.75) is 12.5 Å². The van der Waals surface area contributed by atoms with Gasteiger partial charge in [0.25, 0.3) is 0 Å². The molecule has 0 bridgehead atoms. The topological polar surface area (TPSA) is 48.1 Å². The van der Waals surface area contributed by atoms with Gasteiger partial charge in [-0.25, -0.2) is 4.39 Å². The summed E-state index contributed by atoms with van der Waals surface area (Å²) in [6, 6.07) is 4.29. The van der Waals surface area contributed by atoms with Gasteiger partial charge >= 0.3 is 0 Å². The highest BCUT2D eigenvalue weighted by molar-refractivity contribution is 7.09. The second kappa shape index (κ2) is 5.25. The van der Waals surface area contributed by atoms with Crippen LogP contribution in [-0.4, -0.2) is 12.1 Å². The predicted octanol–water partition coefficient (Wildman–Crippen LogP) is 2.53. The zero-order valence-electron chi connectivity index (χ0n) is 9.39. The molecule has 0 saturated carbocycles. The van der Waals surface area contributed by atoms with Crippen molar-refractivity contribution in [2.75, 3.05) is 7.11 Å². The number of ether oxygens (including phenoxy) is 1. The van der Waals surface area contributed by atoms with Gasteiger partial charge in [-0.05, 0) is 12.1 Å². The van der Waals surface area contributed by atoms with Crippen LogP contribution in [0.5, 0.6) is 5.75 Å². The van der Waals surface area contributed by atoms with Crippen LogP contribution in [0.1, 0.15) is 16.5 Å². The number of hydrogen-bond acceptors (Lipinski definition) is 4. The van der Waals surface area contributed by atoms with Crippen molar-refractivity contribution in [3.63, 3.8) is 0 Å². The molecule has 17 heavy (non-hydrogen) atoms. The molecular weight excluding hydrogens is 239 g/mol. The van der Waals surface area contributed by atoms with Gasteiger partial charge in [0.15, 0.2) is 0 Å². The maximum atomic E-state index is 13.7. The second-order valence-electron chi connectivity index (χ2n) is 3.63. The van der Waals surface area contributed by atoms with E-state index >= 15 is 0 Å². The highest BCUT2D eigenvalue weighted by Gasteiger charge is 2.17. The van der Waals surface area contributed by atoms with E-state index < -0.39 is 6.04 Å². The minimum atomic E-state index is -0.424. The summed E-state index contributed by atoms with van der Waals surface area (Å²) in [4.78, 5) is 5.00. The Morgan fingerprint density at radius 1 is 1.53 bits per heavy atom. The third-order valence-corrected chi connectivity index (χ3v) is 3.31. The molecule has 2 N–H and O–H groups in total. The molecule has 0 aliphatic rings. The van der Waals surface area contributed by atoms with Crippen molar-refractivity contribution in [1.29, 1.82) is 0 Å². The number of halogens is 1. The molecule has 0 fully saturated rings. The number of nitrogens with zero attached hydrogens (tertiary/aromatic N) is 1. The Bertz CT molecular complexity index is 487. The predicted molar refractivity (Wildman–Crippen MR) is 65.7 cm³/mol. The summed E-state index contributed by atoms with van der Waals surface area (Å²) in [6.07, 6.45) is 2.31. The van der Waals surface area contributed by atoms with Gasteiger partial charge in [0.05, 0.1) is 12.6 Å². The Balaban J connectivity index is 2.26. The van der Waals surface area contributed by atoms with Crippen LogP contribution in [0.15, 0.2) is 29.9 Å². The van der Waals surface area contributed by atoms with Gasteiger partial charge < -0.3 is 10.5 Å². The molecule has 1 unspecified atom stereocenters. The molecule has 1 heterocycles. The lowest BCUT2D eigenvalue weighted by Crippen LogP contribution is -2.15. The lowest BCUT2D eigenvalue weighted by atomic mass is 10.0. The monoisotopic (exact) mass is 252 g/mol. The molecule has 1 aromatic carbocycles. The molecule has 0 radical (unpaired) electrons. The molecule has 2 rings (SSSR count). The minimum Gasteiger partial charge on any atom is -0.496 e. The molecule has 0 aliphatic carbocycles. The molecular formula is C12H13FN2OS. The number of thiazole rings is 1. The van der Waals surface area contributed by atoms with Crippen molar-refractivity contribution < 1.29 is 9.13 Å². The minimum absolute atomic E-state index is 0.332. The van der Waals surface area contributed by atoms with Crippen molar-refractivity contribution >= 4 is 11.3 Å².